The Morgan fingerprint density at radius 1 is 1.56 bits per heavy atom. The summed E-state index contributed by atoms with van der Waals surface area (Å²) in [4.78, 5) is 0. The first kappa shape index (κ1) is 6.98. The molecule has 1 atom stereocenters. The van der Waals surface area contributed by atoms with Gasteiger partial charge in [-0.25, -0.2) is 0 Å². The monoisotopic (exact) mass is 152 g/mol. The minimum atomic E-state index is -3.61. The third-order valence-electron chi connectivity index (χ3n) is 1.18. The normalized spacial score (nSPS) is 34.1. The Balaban J connectivity index is 2.72. The van der Waals surface area contributed by atoms with E-state index >= 15 is 0 Å². The molecule has 1 fully saturated rings. The molecule has 1 rings (SSSR count). The van der Waals surface area contributed by atoms with Gasteiger partial charge in [-0.1, -0.05) is 0 Å². The van der Waals surface area contributed by atoms with E-state index in [1.807, 2.05) is 0 Å². The second kappa shape index (κ2) is 2.24. The quantitative estimate of drug-likeness (QED) is 0.473. The molecule has 0 aromatic carbocycles. The van der Waals surface area contributed by atoms with Gasteiger partial charge in [-0.05, 0) is 12.8 Å². The van der Waals surface area contributed by atoms with E-state index in [0.717, 1.165) is 0 Å². The second-order valence-corrected chi connectivity index (χ2v) is 3.68. The summed E-state index contributed by atoms with van der Waals surface area (Å²) < 4.78 is 25.3. The van der Waals surface area contributed by atoms with Gasteiger partial charge in [0.2, 0.25) is 0 Å². The van der Waals surface area contributed by atoms with Gasteiger partial charge in [-0.3, -0.25) is 4.18 Å². The molecule has 1 aliphatic rings. The van der Waals surface area contributed by atoms with Gasteiger partial charge in [0.1, 0.15) is 0 Å². The van der Waals surface area contributed by atoms with Crippen LogP contribution in [0.5, 0.6) is 0 Å². The van der Waals surface area contributed by atoms with Gasteiger partial charge in [0.25, 0.3) is 10.1 Å². The topological polar surface area (TPSA) is 63.6 Å². The van der Waals surface area contributed by atoms with Crippen LogP contribution in [0.1, 0.15) is 12.8 Å². The lowest BCUT2D eigenvalue weighted by atomic mass is 10.3. The van der Waals surface area contributed by atoms with E-state index in [-0.39, 0.29) is 6.61 Å². The summed E-state index contributed by atoms with van der Waals surface area (Å²) in [6.45, 7) is 0.208. The lowest BCUT2D eigenvalue weighted by Crippen LogP contribution is -2.28. The Labute approximate surface area is 53.6 Å². The van der Waals surface area contributed by atoms with E-state index in [1.54, 1.807) is 0 Å². The summed E-state index contributed by atoms with van der Waals surface area (Å²) in [5.41, 5.74) is -1.30. The van der Waals surface area contributed by atoms with Crippen molar-refractivity contribution in [1.29, 1.82) is 0 Å². The fraction of sp³-hybridized carbons (Fsp3) is 1.00. The molecule has 54 valence electrons. The molecular weight excluding hydrogens is 144 g/mol. The first-order chi connectivity index (χ1) is 4.13. The van der Waals surface area contributed by atoms with Crippen LogP contribution >= 0.6 is 0 Å². The third kappa shape index (κ3) is 1.41. The zero-order chi connectivity index (χ0) is 6.91. The van der Waals surface area contributed by atoms with E-state index in [4.69, 9.17) is 5.11 Å². The molecule has 1 N–H and O–H groups in total. The van der Waals surface area contributed by atoms with Crippen LogP contribution in [-0.4, -0.2) is 25.6 Å². The average molecular weight is 152 g/mol. The van der Waals surface area contributed by atoms with Crippen LogP contribution in [0.4, 0.5) is 0 Å². The summed E-state index contributed by atoms with van der Waals surface area (Å²) in [5, 5.41) is 8.72. The molecule has 0 bridgehead atoms. The minimum absolute atomic E-state index is 0.208. The highest BCUT2D eigenvalue weighted by Gasteiger charge is 2.27. The van der Waals surface area contributed by atoms with Crippen molar-refractivity contribution < 1.29 is 17.7 Å². The molecule has 1 aliphatic heterocycles. The van der Waals surface area contributed by atoms with E-state index in [0.29, 0.717) is 12.8 Å². The number of hydrogen-bond donors (Lipinski definition) is 1. The molecule has 5 heteroatoms. The van der Waals surface area contributed by atoms with Crippen LogP contribution in [0.2, 0.25) is 0 Å². The molecule has 0 saturated carbocycles. The Bertz CT molecular complexity index is 183. The fourth-order valence-electron chi connectivity index (χ4n) is 0.656. The summed E-state index contributed by atoms with van der Waals surface area (Å²) >= 11 is 0. The molecule has 9 heavy (non-hydrogen) atoms. The van der Waals surface area contributed by atoms with Crippen molar-refractivity contribution in [2.45, 2.75) is 18.3 Å². The zero-order valence-electron chi connectivity index (χ0n) is 4.78. The van der Waals surface area contributed by atoms with Crippen LogP contribution in [0.15, 0.2) is 0 Å². The van der Waals surface area contributed by atoms with Crippen LogP contribution in [0, 0.1) is 0 Å². The molecule has 0 spiro atoms. The standard InChI is InChI=1S/C4H8O4S/c5-4-2-1-3-8-9(4,6)7/h4-5H,1-3H2. The SMILES string of the molecule is O=S1(=O)OCCCC1O. The lowest BCUT2D eigenvalue weighted by Gasteiger charge is -2.16. The molecule has 0 aromatic heterocycles. The Kier molecular flexibility index (Phi) is 1.74. The molecule has 4 nitrogen and oxygen atoms in total. The first-order valence-corrected chi connectivity index (χ1v) is 4.16. The molecule has 1 saturated heterocycles. The Morgan fingerprint density at radius 3 is 2.56 bits per heavy atom. The highest BCUT2D eigenvalue weighted by Crippen LogP contribution is 2.14. The Morgan fingerprint density at radius 2 is 2.22 bits per heavy atom. The van der Waals surface area contributed by atoms with Crippen LogP contribution in [0.25, 0.3) is 0 Å². The van der Waals surface area contributed by atoms with E-state index in [9.17, 15) is 8.42 Å². The fourth-order valence-corrected chi connectivity index (χ4v) is 1.62. The van der Waals surface area contributed by atoms with E-state index in [1.165, 1.54) is 0 Å². The maximum Gasteiger partial charge on any atom is 0.294 e. The van der Waals surface area contributed by atoms with E-state index < -0.39 is 15.6 Å². The number of rotatable bonds is 0. The van der Waals surface area contributed by atoms with Crippen molar-refractivity contribution in [2.75, 3.05) is 6.61 Å². The number of aliphatic hydroxyl groups is 1. The first-order valence-electron chi connectivity index (χ1n) is 2.69. The van der Waals surface area contributed by atoms with Gasteiger partial charge in [0, 0.05) is 0 Å². The van der Waals surface area contributed by atoms with Crippen molar-refractivity contribution in [3.05, 3.63) is 0 Å². The van der Waals surface area contributed by atoms with Crippen molar-refractivity contribution in [2.24, 2.45) is 0 Å². The van der Waals surface area contributed by atoms with Crippen molar-refractivity contribution in [3.63, 3.8) is 0 Å². The summed E-state index contributed by atoms with van der Waals surface area (Å²) in [5.74, 6) is 0. The van der Waals surface area contributed by atoms with Crippen LogP contribution in [-0.2, 0) is 14.3 Å². The van der Waals surface area contributed by atoms with Crippen molar-refractivity contribution >= 4 is 10.1 Å². The van der Waals surface area contributed by atoms with Gasteiger partial charge in [0.05, 0.1) is 6.61 Å². The molecule has 0 aliphatic carbocycles. The largest absolute Gasteiger partial charge is 0.375 e. The highest BCUT2D eigenvalue weighted by atomic mass is 32.2. The smallest absolute Gasteiger partial charge is 0.294 e. The highest BCUT2D eigenvalue weighted by molar-refractivity contribution is 7.87. The number of aliphatic hydroxyl groups excluding tert-OH is 1. The maximum atomic E-state index is 10.5. The molecule has 0 amide bonds. The Hall–Kier alpha value is -0.130. The predicted octanol–water partition coefficient (Wildman–Crippen LogP) is -0.555. The van der Waals surface area contributed by atoms with Crippen LogP contribution in [0.3, 0.4) is 0 Å². The molecule has 0 aromatic rings. The van der Waals surface area contributed by atoms with Crippen molar-refractivity contribution in [1.82, 2.24) is 0 Å². The number of hydrogen-bond acceptors (Lipinski definition) is 4. The summed E-state index contributed by atoms with van der Waals surface area (Å²) in [7, 11) is -3.61. The predicted molar refractivity (Wildman–Crippen MR) is 30.1 cm³/mol. The van der Waals surface area contributed by atoms with Crippen molar-refractivity contribution in [3.8, 4) is 0 Å². The molecular formula is C4H8O4S. The van der Waals surface area contributed by atoms with Gasteiger partial charge >= 0.3 is 0 Å². The third-order valence-corrected chi connectivity index (χ3v) is 2.57. The lowest BCUT2D eigenvalue weighted by molar-refractivity contribution is 0.165. The van der Waals surface area contributed by atoms with Gasteiger partial charge < -0.3 is 5.11 Å². The van der Waals surface area contributed by atoms with Gasteiger partial charge in [0.15, 0.2) is 5.44 Å². The van der Waals surface area contributed by atoms with Gasteiger partial charge in [-0.15, -0.1) is 0 Å². The van der Waals surface area contributed by atoms with Crippen LogP contribution < -0.4 is 0 Å². The maximum absolute atomic E-state index is 10.5. The zero-order valence-corrected chi connectivity index (χ0v) is 5.60. The average Bonchev–Trinajstić information content (AvgIpc) is 1.77. The molecule has 1 heterocycles. The molecule has 0 radical (unpaired) electrons. The second-order valence-electron chi connectivity index (χ2n) is 1.91. The minimum Gasteiger partial charge on any atom is -0.375 e. The summed E-state index contributed by atoms with van der Waals surface area (Å²) in [6.07, 6.45) is 0.905. The van der Waals surface area contributed by atoms with E-state index in [2.05, 4.69) is 4.18 Å². The van der Waals surface area contributed by atoms with Gasteiger partial charge in [-0.2, -0.15) is 8.42 Å². The molecule has 1 unspecified atom stereocenters. The summed E-state index contributed by atoms with van der Waals surface area (Å²) in [6, 6.07) is 0.